The summed E-state index contributed by atoms with van der Waals surface area (Å²) in [5, 5.41) is 13.1. The van der Waals surface area contributed by atoms with Crippen molar-refractivity contribution < 1.29 is 19.0 Å². The lowest BCUT2D eigenvalue weighted by Gasteiger charge is -2.43. The van der Waals surface area contributed by atoms with E-state index in [1.807, 2.05) is 6.08 Å². The number of methoxy groups -OCH3 is 1. The van der Waals surface area contributed by atoms with Gasteiger partial charge in [-0.05, 0) is 41.2 Å². The molecule has 0 heterocycles. The number of hydrogen-bond donors (Lipinski definition) is 1. The van der Waals surface area contributed by atoms with Crippen LogP contribution in [0, 0.1) is 0 Å². The number of aliphatic hydroxyl groups excluding tert-OH is 1. The summed E-state index contributed by atoms with van der Waals surface area (Å²) in [4.78, 5) is 0. The molecule has 2 rings (SSSR count). The highest BCUT2D eigenvalue weighted by Gasteiger charge is 2.50. The average Bonchev–Trinajstić information content (AvgIpc) is 2.81. The predicted molar refractivity (Wildman–Crippen MR) is 167 cm³/mol. The van der Waals surface area contributed by atoms with Crippen LogP contribution in [-0.2, 0) is 13.9 Å². The molecule has 2 aromatic carbocycles. The first-order chi connectivity index (χ1) is 17.8. The Morgan fingerprint density at radius 2 is 1.47 bits per heavy atom. The molecule has 2 aromatic rings. The molecule has 0 amide bonds. The summed E-state index contributed by atoms with van der Waals surface area (Å²) >= 11 is 0. The minimum absolute atomic E-state index is 0.112. The van der Waals surface area contributed by atoms with Crippen LogP contribution in [0.4, 0.5) is 0 Å². The zero-order chi connectivity index (χ0) is 28.4. The molecule has 2 atom stereocenters. The lowest BCUT2D eigenvalue weighted by atomic mass is 10.0. The minimum Gasteiger partial charge on any atom is -0.405 e. The van der Waals surface area contributed by atoms with Crippen molar-refractivity contribution in [3.8, 4) is 0 Å². The maximum atomic E-state index is 10.7. The predicted octanol–water partition coefficient (Wildman–Crippen LogP) is 6.53. The molecule has 0 aliphatic carbocycles. The van der Waals surface area contributed by atoms with Gasteiger partial charge < -0.3 is 19.0 Å². The van der Waals surface area contributed by atoms with E-state index in [4.69, 9.17) is 13.9 Å². The van der Waals surface area contributed by atoms with Gasteiger partial charge in [0, 0.05) is 15.2 Å². The van der Waals surface area contributed by atoms with E-state index in [0.717, 1.165) is 17.2 Å². The van der Waals surface area contributed by atoms with Gasteiger partial charge in [0.2, 0.25) is 0 Å². The smallest absolute Gasteiger partial charge is 0.261 e. The third-order valence-electron chi connectivity index (χ3n) is 6.63. The standard InChI is InChI=1S/C32H50O4Si2/c1-26(20-28(33)21-27(2)24-37(7,8)9)22-29(35-25-34-6)23-36-38(32(3,4)5,30-16-12-10-13-17-30)31-18-14-11-15-19-31/h10-20,28-29,33H,2,21-25H2,1,3-9H3/b26-20+/t28-,29+/m1/s1. The number of benzene rings is 2. The van der Waals surface area contributed by atoms with Crippen LogP contribution in [0.15, 0.2) is 84.5 Å². The monoisotopic (exact) mass is 554 g/mol. The van der Waals surface area contributed by atoms with E-state index >= 15 is 0 Å². The fourth-order valence-electron chi connectivity index (χ4n) is 5.24. The maximum Gasteiger partial charge on any atom is 0.261 e. The van der Waals surface area contributed by atoms with Gasteiger partial charge in [-0.3, -0.25) is 0 Å². The van der Waals surface area contributed by atoms with Gasteiger partial charge >= 0.3 is 0 Å². The van der Waals surface area contributed by atoms with Gasteiger partial charge in [-0.1, -0.05) is 118 Å². The van der Waals surface area contributed by atoms with Gasteiger partial charge in [0.15, 0.2) is 0 Å². The summed E-state index contributed by atoms with van der Waals surface area (Å²) in [6, 6.07) is 22.3. The van der Waals surface area contributed by atoms with E-state index in [-0.39, 0.29) is 17.9 Å². The Morgan fingerprint density at radius 1 is 0.947 bits per heavy atom. The van der Waals surface area contributed by atoms with Gasteiger partial charge in [0.1, 0.15) is 6.79 Å². The third kappa shape index (κ3) is 9.74. The maximum absolute atomic E-state index is 10.7. The van der Waals surface area contributed by atoms with Gasteiger partial charge in [-0.25, -0.2) is 0 Å². The first-order valence-corrected chi connectivity index (χ1v) is 19.3. The summed E-state index contributed by atoms with van der Waals surface area (Å²) in [5.74, 6) is 0. The third-order valence-corrected chi connectivity index (χ3v) is 13.2. The van der Waals surface area contributed by atoms with Crippen LogP contribution in [0.2, 0.25) is 30.7 Å². The molecule has 0 saturated heterocycles. The summed E-state index contributed by atoms with van der Waals surface area (Å²) < 4.78 is 18.5. The Balaban J connectivity index is 2.29. The largest absolute Gasteiger partial charge is 0.405 e. The molecule has 0 saturated carbocycles. The Labute approximate surface area is 233 Å². The second kappa shape index (κ2) is 14.5. The van der Waals surface area contributed by atoms with Crippen molar-refractivity contribution in [3.05, 3.63) is 84.5 Å². The van der Waals surface area contributed by atoms with Crippen molar-refractivity contribution in [1.29, 1.82) is 0 Å². The molecule has 0 aliphatic rings. The molecule has 0 bridgehead atoms. The fourth-order valence-corrected chi connectivity index (χ4v) is 11.5. The Bertz CT molecular complexity index is 968. The molecule has 6 heteroatoms. The van der Waals surface area contributed by atoms with Crippen molar-refractivity contribution in [1.82, 2.24) is 0 Å². The summed E-state index contributed by atoms with van der Waals surface area (Å²) in [6.07, 6.45) is 2.45. The van der Waals surface area contributed by atoms with Crippen molar-refractivity contribution >= 4 is 26.8 Å². The molecule has 4 nitrogen and oxygen atoms in total. The summed E-state index contributed by atoms with van der Waals surface area (Å²) in [5.41, 5.74) is 2.20. The van der Waals surface area contributed by atoms with Gasteiger partial charge in [0.05, 0.1) is 18.8 Å². The van der Waals surface area contributed by atoms with Crippen LogP contribution < -0.4 is 10.4 Å². The highest BCUT2D eigenvalue weighted by atomic mass is 28.4. The van der Waals surface area contributed by atoms with E-state index in [1.165, 1.54) is 10.4 Å². The van der Waals surface area contributed by atoms with Crippen molar-refractivity contribution in [3.63, 3.8) is 0 Å². The Hall–Kier alpha value is -1.81. The van der Waals surface area contributed by atoms with Crippen LogP contribution in [0.1, 0.15) is 40.5 Å². The zero-order valence-corrected chi connectivity index (χ0v) is 26.9. The number of aliphatic hydroxyl groups is 1. The molecular weight excluding hydrogens is 505 g/mol. The van der Waals surface area contributed by atoms with E-state index in [9.17, 15) is 5.11 Å². The lowest BCUT2D eigenvalue weighted by Crippen LogP contribution is -2.67. The van der Waals surface area contributed by atoms with E-state index in [1.54, 1.807) is 7.11 Å². The molecule has 0 fully saturated rings. The fraction of sp³-hybridized carbons (Fsp3) is 0.500. The molecular formula is C32H50O4Si2. The molecule has 0 spiro atoms. The normalized spacial score (nSPS) is 14.8. The SMILES string of the molecule is C=C(C[C@H](O)/C=C(\C)C[C@@H](CO[Si](c1ccccc1)(c1ccccc1)C(C)(C)C)OCOC)C[Si](C)(C)C. The lowest BCUT2D eigenvalue weighted by molar-refractivity contribution is -0.0841. The van der Waals surface area contributed by atoms with E-state index < -0.39 is 22.5 Å². The van der Waals surface area contributed by atoms with Gasteiger partial charge in [-0.15, -0.1) is 6.58 Å². The van der Waals surface area contributed by atoms with Gasteiger partial charge in [-0.2, -0.15) is 0 Å². The zero-order valence-electron chi connectivity index (χ0n) is 24.9. The average molecular weight is 555 g/mol. The van der Waals surface area contributed by atoms with Gasteiger partial charge in [0.25, 0.3) is 8.32 Å². The topological polar surface area (TPSA) is 47.9 Å². The van der Waals surface area contributed by atoms with Crippen molar-refractivity contribution in [2.24, 2.45) is 0 Å². The molecule has 0 aromatic heterocycles. The van der Waals surface area contributed by atoms with Crippen LogP contribution in [0.25, 0.3) is 0 Å². The quantitative estimate of drug-likeness (QED) is 0.154. The molecule has 0 unspecified atom stereocenters. The second-order valence-electron chi connectivity index (χ2n) is 12.6. The Kier molecular flexibility index (Phi) is 12.4. The molecule has 0 radical (unpaired) electrons. The molecule has 1 N–H and O–H groups in total. The second-order valence-corrected chi connectivity index (χ2v) is 22.4. The van der Waals surface area contributed by atoms with Crippen LogP contribution in [0.5, 0.6) is 0 Å². The molecule has 210 valence electrons. The highest BCUT2D eigenvalue weighted by Crippen LogP contribution is 2.37. The summed E-state index contributed by atoms with van der Waals surface area (Å²) in [6.45, 7) is 20.7. The first kappa shape index (κ1) is 32.4. The number of hydrogen-bond acceptors (Lipinski definition) is 4. The van der Waals surface area contributed by atoms with E-state index in [0.29, 0.717) is 19.4 Å². The van der Waals surface area contributed by atoms with E-state index in [2.05, 4.69) is 115 Å². The minimum atomic E-state index is -2.68. The van der Waals surface area contributed by atoms with Crippen LogP contribution in [-0.4, -0.2) is 54.2 Å². The molecule has 38 heavy (non-hydrogen) atoms. The highest BCUT2D eigenvalue weighted by molar-refractivity contribution is 6.99. The number of rotatable bonds is 15. The summed E-state index contributed by atoms with van der Waals surface area (Å²) in [7, 11) is -2.29. The molecule has 0 aliphatic heterocycles. The van der Waals surface area contributed by atoms with Crippen LogP contribution >= 0.6 is 0 Å². The Morgan fingerprint density at radius 3 is 1.92 bits per heavy atom. The first-order valence-electron chi connectivity index (χ1n) is 13.7. The van der Waals surface area contributed by atoms with Crippen molar-refractivity contribution in [2.75, 3.05) is 20.5 Å². The van der Waals surface area contributed by atoms with Crippen molar-refractivity contribution in [2.45, 2.75) is 83.5 Å². The van der Waals surface area contributed by atoms with Crippen LogP contribution in [0.3, 0.4) is 0 Å². The number of ether oxygens (including phenoxy) is 2.